The monoisotopic (exact) mass is 279 g/mol. The summed E-state index contributed by atoms with van der Waals surface area (Å²) < 4.78 is 5.33. The van der Waals surface area contributed by atoms with Crippen molar-refractivity contribution in [2.24, 2.45) is 0 Å². The molecular weight excluding hydrogens is 258 g/mol. The standard InChI is InChI=1S/C15H21NO4/c1-20-13-6-5-11(14(17)15(18)19)9-12(13)10-16-7-3-2-4-8-16/h5-6,9,14,17H,2-4,7-8,10H2,1H3,(H,18,19). The van der Waals surface area contributed by atoms with Crippen molar-refractivity contribution in [1.29, 1.82) is 0 Å². The Balaban J connectivity index is 2.19. The number of carbonyl (C=O) groups is 1. The van der Waals surface area contributed by atoms with Crippen molar-refractivity contribution in [2.75, 3.05) is 20.2 Å². The first-order valence-corrected chi connectivity index (χ1v) is 6.92. The second-order valence-electron chi connectivity index (χ2n) is 5.15. The second kappa shape index (κ2) is 6.72. The Morgan fingerprint density at radius 1 is 1.35 bits per heavy atom. The zero-order chi connectivity index (χ0) is 14.5. The van der Waals surface area contributed by atoms with Crippen LogP contribution in [0.15, 0.2) is 18.2 Å². The summed E-state index contributed by atoms with van der Waals surface area (Å²) in [6, 6.07) is 5.05. The molecule has 2 N–H and O–H groups in total. The molecule has 0 aromatic heterocycles. The first kappa shape index (κ1) is 14.8. The molecule has 1 fully saturated rings. The van der Waals surface area contributed by atoms with E-state index in [1.54, 1.807) is 25.3 Å². The average Bonchev–Trinajstić information content (AvgIpc) is 2.47. The summed E-state index contributed by atoms with van der Waals surface area (Å²) in [4.78, 5) is 13.2. The van der Waals surface area contributed by atoms with Crippen LogP contribution in [0.25, 0.3) is 0 Å². The fourth-order valence-electron chi connectivity index (χ4n) is 2.59. The number of hydrogen-bond donors (Lipinski definition) is 2. The van der Waals surface area contributed by atoms with Gasteiger partial charge in [-0.2, -0.15) is 0 Å². The topological polar surface area (TPSA) is 70.0 Å². The van der Waals surface area contributed by atoms with Crippen LogP contribution in [0.1, 0.15) is 36.5 Å². The van der Waals surface area contributed by atoms with Gasteiger partial charge in [0.1, 0.15) is 5.75 Å². The first-order chi connectivity index (χ1) is 9.61. The van der Waals surface area contributed by atoms with Gasteiger partial charge in [-0.15, -0.1) is 0 Å². The number of ether oxygens (including phenoxy) is 1. The molecule has 0 bridgehead atoms. The van der Waals surface area contributed by atoms with Gasteiger partial charge in [0, 0.05) is 12.1 Å². The van der Waals surface area contributed by atoms with Crippen LogP contribution in [0.4, 0.5) is 0 Å². The zero-order valence-corrected chi connectivity index (χ0v) is 11.7. The Morgan fingerprint density at radius 3 is 2.65 bits per heavy atom. The van der Waals surface area contributed by atoms with Gasteiger partial charge >= 0.3 is 5.97 Å². The van der Waals surface area contributed by atoms with Gasteiger partial charge in [-0.25, -0.2) is 4.79 Å². The molecule has 0 aliphatic carbocycles. The number of piperidine rings is 1. The van der Waals surface area contributed by atoms with Crippen molar-refractivity contribution in [3.8, 4) is 5.75 Å². The second-order valence-corrected chi connectivity index (χ2v) is 5.15. The molecule has 5 nitrogen and oxygen atoms in total. The van der Waals surface area contributed by atoms with E-state index in [2.05, 4.69) is 4.90 Å². The molecule has 2 rings (SSSR count). The van der Waals surface area contributed by atoms with E-state index < -0.39 is 12.1 Å². The van der Waals surface area contributed by atoms with Gasteiger partial charge < -0.3 is 14.9 Å². The minimum absolute atomic E-state index is 0.394. The van der Waals surface area contributed by atoms with Crippen molar-refractivity contribution in [2.45, 2.75) is 31.9 Å². The number of benzene rings is 1. The van der Waals surface area contributed by atoms with E-state index in [4.69, 9.17) is 9.84 Å². The number of likely N-dealkylation sites (tertiary alicyclic amines) is 1. The molecule has 1 unspecified atom stereocenters. The highest BCUT2D eigenvalue weighted by Gasteiger charge is 2.19. The van der Waals surface area contributed by atoms with E-state index in [1.165, 1.54) is 19.3 Å². The minimum atomic E-state index is -1.49. The number of methoxy groups -OCH3 is 1. The number of carboxylic acids is 1. The lowest BCUT2D eigenvalue weighted by Crippen LogP contribution is -2.29. The fraction of sp³-hybridized carbons (Fsp3) is 0.533. The lowest BCUT2D eigenvalue weighted by atomic mass is 10.0. The summed E-state index contributed by atoms with van der Waals surface area (Å²) in [5, 5.41) is 18.5. The summed E-state index contributed by atoms with van der Waals surface area (Å²) in [5.41, 5.74) is 1.32. The van der Waals surface area contributed by atoms with Crippen LogP contribution in [0.5, 0.6) is 5.75 Å². The predicted molar refractivity (Wildman–Crippen MR) is 74.7 cm³/mol. The Labute approximate surface area is 118 Å². The van der Waals surface area contributed by atoms with Crippen LogP contribution in [-0.4, -0.2) is 41.3 Å². The first-order valence-electron chi connectivity index (χ1n) is 6.92. The van der Waals surface area contributed by atoms with E-state index in [1.807, 2.05) is 0 Å². The molecule has 5 heteroatoms. The number of aliphatic carboxylic acids is 1. The van der Waals surface area contributed by atoms with Gasteiger partial charge in [0.2, 0.25) is 0 Å². The number of aliphatic hydroxyl groups excluding tert-OH is 1. The van der Waals surface area contributed by atoms with Crippen LogP contribution in [0.2, 0.25) is 0 Å². The van der Waals surface area contributed by atoms with Gasteiger partial charge in [0.15, 0.2) is 6.10 Å². The molecule has 1 aliphatic heterocycles. The maximum absolute atomic E-state index is 10.9. The van der Waals surface area contributed by atoms with E-state index >= 15 is 0 Å². The van der Waals surface area contributed by atoms with Gasteiger partial charge in [-0.1, -0.05) is 12.5 Å². The molecule has 0 spiro atoms. The zero-order valence-electron chi connectivity index (χ0n) is 11.7. The van der Waals surface area contributed by atoms with Crippen LogP contribution >= 0.6 is 0 Å². The Kier molecular flexibility index (Phi) is 4.98. The third-order valence-electron chi connectivity index (χ3n) is 3.70. The van der Waals surface area contributed by atoms with Crippen LogP contribution < -0.4 is 4.74 Å². The SMILES string of the molecule is COc1ccc(C(O)C(=O)O)cc1CN1CCCCC1. The lowest BCUT2D eigenvalue weighted by Gasteiger charge is -2.27. The summed E-state index contributed by atoms with van der Waals surface area (Å²) in [6.45, 7) is 2.83. The molecule has 1 atom stereocenters. The number of nitrogens with zero attached hydrogens (tertiary/aromatic N) is 1. The molecule has 1 heterocycles. The number of hydrogen-bond acceptors (Lipinski definition) is 4. The molecule has 1 aromatic carbocycles. The summed E-state index contributed by atoms with van der Waals surface area (Å²) >= 11 is 0. The van der Waals surface area contributed by atoms with E-state index in [0.717, 1.165) is 30.9 Å². The Bertz CT molecular complexity index is 469. The van der Waals surface area contributed by atoms with Gasteiger partial charge in [-0.3, -0.25) is 4.90 Å². The van der Waals surface area contributed by atoms with Crippen LogP contribution in [-0.2, 0) is 11.3 Å². The number of aliphatic hydroxyl groups is 1. The van der Waals surface area contributed by atoms with Crippen molar-refractivity contribution in [1.82, 2.24) is 4.90 Å². The molecule has 1 aromatic rings. The van der Waals surface area contributed by atoms with Gasteiger partial charge in [-0.05, 0) is 43.6 Å². The third kappa shape index (κ3) is 3.49. The highest BCUT2D eigenvalue weighted by atomic mass is 16.5. The average molecular weight is 279 g/mol. The largest absolute Gasteiger partial charge is 0.496 e. The predicted octanol–water partition coefficient (Wildman–Crippen LogP) is 1.80. The quantitative estimate of drug-likeness (QED) is 0.860. The molecule has 1 saturated heterocycles. The van der Waals surface area contributed by atoms with Crippen molar-refractivity contribution >= 4 is 5.97 Å². The van der Waals surface area contributed by atoms with Crippen LogP contribution in [0, 0.1) is 0 Å². The lowest BCUT2D eigenvalue weighted by molar-refractivity contribution is -0.146. The molecular formula is C15H21NO4. The van der Waals surface area contributed by atoms with E-state index in [9.17, 15) is 9.90 Å². The molecule has 110 valence electrons. The Hall–Kier alpha value is -1.59. The maximum atomic E-state index is 10.9. The highest BCUT2D eigenvalue weighted by molar-refractivity contribution is 5.74. The fourth-order valence-corrected chi connectivity index (χ4v) is 2.59. The maximum Gasteiger partial charge on any atom is 0.337 e. The van der Waals surface area contributed by atoms with Crippen molar-refractivity contribution < 1.29 is 19.7 Å². The summed E-state index contributed by atoms with van der Waals surface area (Å²) in [7, 11) is 1.60. The molecule has 20 heavy (non-hydrogen) atoms. The third-order valence-corrected chi connectivity index (χ3v) is 3.70. The molecule has 0 saturated carbocycles. The normalized spacial score (nSPS) is 17.7. The van der Waals surface area contributed by atoms with Gasteiger partial charge in [0.05, 0.1) is 7.11 Å². The Morgan fingerprint density at radius 2 is 2.05 bits per heavy atom. The van der Waals surface area contributed by atoms with Crippen molar-refractivity contribution in [3.05, 3.63) is 29.3 Å². The van der Waals surface area contributed by atoms with Gasteiger partial charge in [0.25, 0.3) is 0 Å². The minimum Gasteiger partial charge on any atom is -0.496 e. The summed E-state index contributed by atoms with van der Waals surface area (Å²) in [5.74, 6) is -0.504. The van der Waals surface area contributed by atoms with Crippen molar-refractivity contribution in [3.63, 3.8) is 0 Å². The number of rotatable bonds is 5. The summed E-state index contributed by atoms with van der Waals surface area (Å²) in [6.07, 6.45) is 2.17. The molecule has 1 aliphatic rings. The van der Waals surface area contributed by atoms with E-state index in [-0.39, 0.29) is 0 Å². The molecule has 0 radical (unpaired) electrons. The highest BCUT2D eigenvalue weighted by Crippen LogP contribution is 2.26. The van der Waals surface area contributed by atoms with E-state index in [0.29, 0.717) is 5.56 Å². The van der Waals surface area contributed by atoms with Crippen LogP contribution in [0.3, 0.4) is 0 Å². The smallest absolute Gasteiger partial charge is 0.337 e. The molecule has 0 amide bonds. The number of carboxylic acid groups (broad SMARTS) is 1.